The fourth-order valence-electron chi connectivity index (χ4n) is 4.13. The quantitative estimate of drug-likeness (QED) is 0.910. The summed E-state index contributed by atoms with van der Waals surface area (Å²) in [5.74, 6) is 0.697. The van der Waals surface area contributed by atoms with Gasteiger partial charge in [0.2, 0.25) is 5.95 Å². The first-order valence-corrected chi connectivity index (χ1v) is 8.24. The fraction of sp³-hybridized carbons (Fsp3) is 0.824. The summed E-state index contributed by atoms with van der Waals surface area (Å²) in [7, 11) is 0. The summed E-state index contributed by atoms with van der Waals surface area (Å²) < 4.78 is 0. The second-order valence-electron chi connectivity index (χ2n) is 7.99. The second-order valence-corrected chi connectivity index (χ2v) is 7.99. The van der Waals surface area contributed by atoms with E-state index >= 15 is 0 Å². The lowest BCUT2D eigenvalue weighted by Crippen LogP contribution is -2.40. The molecule has 0 saturated heterocycles. The van der Waals surface area contributed by atoms with Gasteiger partial charge in [-0.25, -0.2) is 4.98 Å². The Bertz CT molecular complexity index is 478. The molecular formula is C17H30N4. The van der Waals surface area contributed by atoms with Gasteiger partial charge in [-0.1, -0.05) is 41.5 Å². The highest BCUT2D eigenvalue weighted by Gasteiger charge is 2.38. The molecule has 1 aliphatic rings. The summed E-state index contributed by atoms with van der Waals surface area (Å²) in [6.45, 7) is 13.7. The molecule has 118 valence electrons. The molecule has 0 aromatic carbocycles. The van der Waals surface area contributed by atoms with Gasteiger partial charge in [0.25, 0.3) is 0 Å². The smallest absolute Gasteiger partial charge is 0.243 e. The SMILES string of the molecule is CCc1nnc(NC2CC(C)(C)CC(C)(C)C2)nc1CC. The number of hydrogen-bond acceptors (Lipinski definition) is 4. The molecule has 0 bridgehead atoms. The average Bonchev–Trinajstić information content (AvgIpc) is 2.34. The molecule has 1 N–H and O–H groups in total. The number of nitrogens with zero attached hydrogens (tertiary/aromatic N) is 3. The van der Waals surface area contributed by atoms with Gasteiger partial charge in [-0.2, -0.15) is 5.10 Å². The highest BCUT2D eigenvalue weighted by molar-refractivity contribution is 5.28. The average molecular weight is 290 g/mol. The largest absolute Gasteiger partial charge is 0.350 e. The highest BCUT2D eigenvalue weighted by atomic mass is 15.2. The van der Waals surface area contributed by atoms with Gasteiger partial charge in [-0.3, -0.25) is 0 Å². The van der Waals surface area contributed by atoms with E-state index in [0.717, 1.165) is 37.1 Å². The molecule has 4 heteroatoms. The molecule has 4 nitrogen and oxygen atoms in total. The molecule has 0 spiro atoms. The lowest BCUT2D eigenvalue weighted by molar-refractivity contribution is 0.105. The van der Waals surface area contributed by atoms with Crippen LogP contribution in [0.3, 0.4) is 0 Å². The van der Waals surface area contributed by atoms with Crippen molar-refractivity contribution in [3.8, 4) is 0 Å². The monoisotopic (exact) mass is 290 g/mol. The summed E-state index contributed by atoms with van der Waals surface area (Å²) >= 11 is 0. The van der Waals surface area contributed by atoms with Gasteiger partial charge in [-0.05, 0) is 42.9 Å². The Morgan fingerprint density at radius 2 is 1.52 bits per heavy atom. The zero-order valence-electron chi connectivity index (χ0n) is 14.5. The van der Waals surface area contributed by atoms with Crippen molar-refractivity contribution in [1.29, 1.82) is 0 Å². The van der Waals surface area contributed by atoms with Crippen molar-refractivity contribution < 1.29 is 0 Å². The van der Waals surface area contributed by atoms with Crippen LogP contribution in [0.4, 0.5) is 5.95 Å². The zero-order valence-corrected chi connectivity index (χ0v) is 14.5. The molecule has 0 amide bonds. The zero-order chi connectivity index (χ0) is 15.7. The minimum Gasteiger partial charge on any atom is -0.350 e. The molecule has 0 unspecified atom stereocenters. The molecule has 0 radical (unpaired) electrons. The Kier molecular flexibility index (Phi) is 4.54. The topological polar surface area (TPSA) is 50.7 Å². The predicted molar refractivity (Wildman–Crippen MR) is 87.4 cm³/mol. The van der Waals surface area contributed by atoms with Crippen LogP contribution in [-0.2, 0) is 12.8 Å². The van der Waals surface area contributed by atoms with E-state index in [9.17, 15) is 0 Å². The van der Waals surface area contributed by atoms with E-state index in [1.807, 2.05) is 0 Å². The van der Waals surface area contributed by atoms with Crippen LogP contribution in [0.25, 0.3) is 0 Å². The van der Waals surface area contributed by atoms with Crippen LogP contribution in [0.5, 0.6) is 0 Å². The molecule has 2 rings (SSSR count). The van der Waals surface area contributed by atoms with Crippen LogP contribution in [0.2, 0.25) is 0 Å². The van der Waals surface area contributed by atoms with E-state index in [4.69, 9.17) is 0 Å². The van der Waals surface area contributed by atoms with E-state index < -0.39 is 0 Å². The minimum atomic E-state index is 0.365. The van der Waals surface area contributed by atoms with Crippen LogP contribution in [0, 0.1) is 10.8 Å². The van der Waals surface area contributed by atoms with Crippen molar-refractivity contribution in [3.05, 3.63) is 11.4 Å². The van der Waals surface area contributed by atoms with Gasteiger partial charge >= 0.3 is 0 Å². The van der Waals surface area contributed by atoms with E-state index in [-0.39, 0.29) is 0 Å². The van der Waals surface area contributed by atoms with Crippen molar-refractivity contribution >= 4 is 5.95 Å². The Morgan fingerprint density at radius 3 is 2.05 bits per heavy atom. The van der Waals surface area contributed by atoms with Gasteiger partial charge in [-0.15, -0.1) is 5.10 Å². The van der Waals surface area contributed by atoms with Crippen molar-refractivity contribution in [2.24, 2.45) is 10.8 Å². The Labute approximate surface area is 129 Å². The van der Waals surface area contributed by atoms with Crippen LogP contribution < -0.4 is 5.32 Å². The molecule has 0 aliphatic heterocycles. The number of aryl methyl sites for hydroxylation is 2. The number of nitrogens with one attached hydrogen (secondary N) is 1. The summed E-state index contributed by atoms with van der Waals surface area (Å²) in [6.07, 6.45) is 5.40. The molecule has 1 saturated carbocycles. The number of aromatic nitrogens is 3. The van der Waals surface area contributed by atoms with Gasteiger partial charge in [0.1, 0.15) is 0 Å². The normalized spacial score (nSPS) is 21.2. The minimum absolute atomic E-state index is 0.365. The lowest BCUT2D eigenvalue weighted by atomic mass is 9.63. The Balaban J connectivity index is 2.14. The summed E-state index contributed by atoms with van der Waals surface area (Å²) in [4.78, 5) is 4.67. The first-order chi connectivity index (χ1) is 9.74. The highest BCUT2D eigenvalue weighted by Crippen LogP contribution is 2.46. The van der Waals surface area contributed by atoms with Crippen LogP contribution in [0.1, 0.15) is 72.2 Å². The predicted octanol–water partition coefficient (Wildman–Crippen LogP) is 4.01. The van der Waals surface area contributed by atoms with Crippen molar-refractivity contribution in [2.75, 3.05) is 5.32 Å². The van der Waals surface area contributed by atoms with Crippen LogP contribution >= 0.6 is 0 Å². The molecule has 1 heterocycles. The first-order valence-electron chi connectivity index (χ1n) is 8.24. The first kappa shape index (κ1) is 16.2. The molecule has 21 heavy (non-hydrogen) atoms. The molecule has 1 fully saturated rings. The van der Waals surface area contributed by atoms with Crippen LogP contribution in [0.15, 0.2) is 0 Å². The van der Waals surface area contributed by atoms with Gasteiger partial charge in [0, 0.05) is 6.04 Å². The Hall–Kier alpha value is -1.19. The maximum absolute atomic E-state index is 4.67. The van der Waals surface area contributed by atoms with Crippen molar-refractivity contribution in [3.63, 3.8) is 0 Å². The molecule has 1 aromatic heterocycles. The summed E-state index contributed by atoms with van der Waals surface area (Å²) in [6, 6.07) is 0.433. The molecule has 1 aromatic rings. The van der Waals surface area contributed by atoms with E-state index in [1.54, 1.807) is 0 Å². The summed E-state index contributed by atoms with van der Waals surface area (Å²) in [5, 5.41) is 12.1. The Morgan fingerprint density at radius 1 is 0.952 bits per heavy atom. The third-order valence-corrected chi connectivity index (χ3v) is 4.40. The standard InChI is InChI=1S/C17H30N4/c1-7-13-14(8-2)20-21-15(19-13)18-12-9-16(3,4)11-17(5,6)10-12/h12H,7-11H2,1-6H3,(H,18,19,21). The summed E-state index contributed by atoms with van der Waals surface area (Å²) in [5.41, 5.74) is 2.82. The maximum atomic E-state index is 4.67. The molecular weight excluding hydrogens is 260 g/mol. The molecule has 0 atom stereocenters. The number of rotatable bonds is 4. The second kappa shape index (κ2) is 5.90. The van der Waals surface area contributed by atoms with E-state index in [1.165, 1.54) is 6.42 Å². The fourth-order valence-corrected chi connectivity index (χ4v) is 4.13. The van der Waals surface area contributed by atoms with Crippen LogP contribution in [-0.4, -0.2) is 21.2 Å². The van der Waals surface area contributed by atoms with E-state index in [2.05, 4.69) is 62.0 Å². The van der Waals surface area contributed by atoms with Gasteiger partial charge < -0.3 is 5.32 Å². The third kappa shape index (κ3) is 4.14. The number of anilines is 1. The number of hydrogen-bond donors (Lipinski definition) is 1. The molecule has 1 aliphatic carbocycles. The third-order valence-electron chi connectivity index (χ3n) is 4.40. The van der Waals surface area contributed by atoms with E-state index in [0.29, 0.717) is 22.8 Å². The van der Waals surface area contributed by atoms with Gasteiger partial charge in [0.15, 0.2) is 0 Å². The van der Waals surface area contributed by atoms with Crippen molar-refractivity contribution in [1.82, 2.24) is 15.2 Å². The van der Waals surface area contributed by atoms with Crippen molar-refractivity contribution in [2.45, 2.75) is 79.7 Å². The lowest BCUT2D eigenvalue weighted by Gasteiger charge is -2.45. The maximum Gasteiger partial charge on any atom is 0.243 e. The van der Waals surface area contributed by atoms with Gasteiger partial charge in [0.05, 0.1) is 11.4 Å².